The molecule has 5 nitrogen and oxygen atoms in total. The van der Waals surface area contributed by atoms with Crippen molar-refractivity contribution in [2.75, 3.05) is 31.5 Å². The van der Waals surface area contributed by atoms with E-state index in [0.29, 0.717) is 24.8 Å². The molecule has 2 aromatic rings. The molecule has 1 aliphatic heterocycles. The second-order valence-corrected chi connectivity index (χ2v) is 6.99. The fraction of sp³-hybridized carbons (Fsp3) is 0.400. The van der Waals surface area contributed by atoms with Gasteiger partial charge in [0.05, 0.1) is 11.9 Å². The number of hydrogen-bond donors (Lipinski definition) is 1. The van der Waals surface area contributed by atoms with Gasteiger partial charge in [0.2, 0.25) is 5.95 Å². The molecule has 1 aromatic heterocycles. The normalized spacial score (nSPS) is 20.5. The number of benzene rings is 1. The molecule has 2 aliphatic rings. The van der Waals surface area contributed by atoms with Crippen LogP contribution in [-0.2, 0) is 12.8 Å². The quantitative estimate of drug-likeness (QED) is 0.844. The number of nitrogens with one attached hydrogen (secondary N) is 1. The molecule has 1 fully saturated rings. The van der Waals surface area contributed by atoms with E-state index in [1.807, 2.05) is 4.90 Å². The highest BCUT2D eigenvalue weighted by molar-refractivity contribution is 5.89. The van der Waals surface area contributed by atoms with Crippen LogP contribution in [0.4, 0.5) is 14.9 Å². The highest BCUT2D eigenvalue weighted by Gasteiger charge is 2.28. The zero-order chi connectivity index (χ0) is 17.9. The smallest absolute Gasteiger partial charge is 0.321 e. The van der Waals surface area contributed by atoms with Crippen LogP contribution in [0.2, 0.25) is 0 Å². The zero-order valence-corrected chi connectivity index (χ0v) is 14.7. The molecule has 0 spiro atoms. The summed E-state index contributed by atoms with van der Waals surface area (Å²) in [4.78, 5) is 20.3. The maximum Gasteiger partial charge on any atom is 0.321 e. The van der Waals surface area contributed by atoms with Gasteiger partial charge >= 0.3 is 6.03 Å². The molecular formula is C20H23FN4O. The van der Waals surface area contributed by atoms with Crippen molar-refractivity contribution in [1.82, 2.24) is 14.8 Å². The summed E-state index contributed by atoms with van der Waals surface area (Å²) >= 11 is 0. The van der Waals surface area contributed by atoms with Crippen molar-refractivity contribution >= 4 is 11.7 Å². The van der Waals surface area contributed by atoms with Gasteiger partial charge in [-0.2, -0.15) is 4.39 Å². The lowest BCUT2D eigenvalue weighted by Gasteiger charge is -2.41. The number of hydrogen-bond acceptors (Lipinski definition) is 3. The van der Waals surface area contributed by atoms with E-state index in [0.717, 1.165) is 25.9 Å². The van der Waals surface area contributed by atoms with Crippen molar-refractivity contribution in [3.8, 4) is 0 Å². The van der Waals surface area contributed by atoms with E-state index in [-0.39, 0.29) is 6.03 Å². The first-order valence-electron chi connectivity index (χ1n) is 9.17. The van der Waals surface area contributed by atoms with E-state index in [2.05, 4.69) is 39.5 Å². The Kier molecular flexibility index (Phi) is 4.84. The summed E-state index contributed by atoms with van der Waals surface area (Å²) in [6, 6.07) is 11.9. The van der Waals surface area contributed by atoms with Crippen LogP contribution in [0.1, 0.15) is 17.5 Å². The average Bonchev–Trinajstić information content (AvgIpc) is 2.69. The second-order valence-electron chi connectivity index (χ2n) is 6.99. The van der Waals surface area contributed by atoms with Crippen molar-refractivity contribution in [2.45, 2.75) is 25.3 Å². The minimum Gasteiger partial charge on any atom is -0.322 e. The fourth-order valence-electron chi connectivity index (χ4n) is 3.93. The Bertz CT molecular complexity index is 772. The van der Waals surface area contributed by atoms with Crippen LogP contribution in [0.25, 0.3) is 0 Å². The lowest BCUT2D eigenvalue weighted by Crippen LogP contribution is -2.53. The molecule has 4 rings (SSSR count). The lowest BCUT2D eigenvalue weighted by molar-refractivity contribution is 0.106. The van der Waals surface area contributed by atoms with Crippen molar-refractivity contribution in [1.29, 1.82) is 0 Å². The third-order valence-corrected chi connectivity index (χ3v) is 5.42. The van der Waals surface area contributed by atoms with Crippen molar-refractivity contribution in [3.63, 3.8) is 0 Å². The van der Waals surface area contributed by atoms with Gasteiger partial charge in [0.25, 0.3) is 0 Å². The number of carbonyl (C=O) groups excluding carboxylic acids is 1. The number of fused-ring (bicyclic) bond motifs is 1. The number of rotatable bonds is 2. The van der Waals surface area contributed by atoms with E-state index < -0.39 is 5.95 Å². The van der Waals surface area contributed by atoms with Gasteiger partial charge in [0.15, 0.2) is 0 Å². The number of piperazine rings is 1. The molecule has 0 saturated carbocycles. The Morgan fingerprint density at radius 1 is 1.08 bits per heavy atom. The van der Waals surface area contributed by atoms with Gasteiger partial charge < -0.3 is 10.2 Å². The highest BCUT2D eigenvalue weighted by atomic mass is 19.1. The van der Waals surface area contributed by atoms with Crippen LogP contribution in [0.3, 0.4) is 0 Å². The molecule has 2 heterocycles. The molecule has 2 amide bonds. The molecule has 0 radical (unpaired) electrons. The van der Waals surface area contributed by atoms with Crippen molar-refractivity contribution in [2.24, 2.45) is 0 Å². The third kappa shape index (κ3) is 3.70. The third-order valence-electron chi connectivity index (χ3n) is 5.42. The van der Waals surface area contributed by atoms with Gasteiger partial charge in [-0.15, -0.1) is 0 Å². The molecule has 136 valence electrons. The Balaban J connectivity index is 1.30. The summed E-state index contributed by atoms with van der Waals surface area (Å²) in [7, 11) is 0. The number of nitrogens with zero attached hydrogens (tertiary/aromatic N) is 3. The van der Waals surface area contributed by atoms with Gasteiger partial charge in [-0.25, -0.2) is 9.78 Å². The number of amides is 2. The molecule has 1 aromatic carbocycles. The molecule has 0 bridgehead atoms. The molecule has 1 atom stereocenters. The van der Waals surface area contributed by atoms with E-state index in [9.17, 15) is 9.18 Å². The van der Waals surface area contributed by atoms with Gasteiger partial charge in [-0.3, -0.25) is 4.90 Å². The number of aryl methyl sites for hydroxylation is 1. The molecule has 1 saturated heterocycles. The number of pyridine rings is 1. The van der Waals surface area contributed by atoms with E-state index in [1.165, 1.54) is 35.9 Å². The van der Waals surface area contributed by atoms with Crippen LogP contribution < -0.4 is 5.32 Å². The standard InChI is InChI=1S/C20H23FN4O/c21-19-8-6-17(14-22-19)23-20(26)25-11-9-24(10-12-25)18-7-5-15-3-1-2-4-16(15)13-18/h1-4,6,8,14,18H,5,7,9-13H2,(H,23,26). The van der Waals surface area contributed by atoms with Gasteiger partial charge in [-0.1, -0.05) is 24.3 Å². The molecule has 6 heteroatoms. The monoisotopic (exact) mass is 354 g/mol. The van der Waals surface area contributed by atoms with Gasteiger partial charge in [0, 0.05) is 32.2 Å². The molecule has 1 aliphatic carbocycles. The van der Waals surface area contributed by atoms with Crippen LogP contribution in [0.5, 0.6) is 0 Å². The lowest BCUT2D eigenvalue weighted by atomic mass is 9.87. The Labute approximate surface area is 152 Å². The largest absolute Gasteiger partial charge is 0.322 e. The number of urea groups is 1. The predicted molar refractivity (Wildman–Crippen MR) is 98.6 cm³/mol. The Morgan fingerprint density at radius 2 is 1.85 bits per heavy atom. The van der Waals surface area contributed by atoms with E-state index in [4.69, 9.17) is 0 Å². The van der Waals surface area contributed by atoms with Crippen LogP contribution in [0, 0.1) is 5.95 Å². The maximum absolute atomic E-state index is 12.9. The molecule has 1 N–H and O–H groups in total. The van der Waals surface area contributed by atoms with Crippen LogP contribution >= 0.6 is 0 Å². The Morgan fingerprint density at radius 3 is 2.58 bits per heavy atom. The number of halogens is 1. The first kappa shape index (κ1) is 17.0. The van der Waals surface area contributed by atoms with Crippen LogP contribution in [-0.4, -0.2) is 53.0 Å². The van der Waals surface area contributed by atoms with E-state index >= 15 is 0 Å². The fourth-order valence-corrected chi connectivity index (χ4v) is 3.93. The minimum absolute atomic E-state index is 0.146. The average molecular weight is 354 g/mol. The van der Waals surface area contributed by atoms with Crippen LogP contribution in [0.15, 0.2) is 42.6 Å². The summed E-state index contributed by atoms with van der Waals surface area (Å²) in [6.07, 6.45) is 4.76. The number of anilines is 1. The summed E-state index contributed by atoms with van der Waals surface area (Å²) in [5.41, 5.74) is 3.46. The summed E-state index contributed by atoms with van der Waals surface area (Å²) in [5, 5.41) is 2.79. The number of aromatic nitrogens is 1. The minimum atomic E-state index is -0.550. The van der Waals surface area contributed by atoms with E-state index in [1.54, 1.807) is 0 Å². The summed E-state index contributed by atoms with van der Waals surface area (Å²) < 4.78 is 12.9. The summed E-state index contributed by atoms with van der Waals surface area (Å²) in [6.45, 7) is 3.20. The summed E-state index contributed by atoms with van der Waals surface area (Å²) in [5.74, 6) is -0.550. The van der Waals surface area contributed by atoms with Gasteiger partial charge in [-0.05, 0) is 42.5 Å². The number of carbonyl (C=O) groups is 1. The second kappa shape index (κ2) is 7.41. The zero-order valence-electron chi connectivity index (χ0n) is 14.7. The van der Waals surface area contributed by atoms with Gasteiger partial charge in [0.1, 0.15) is 0 Å². The molecular weight excluding hydrogens is 331 g/mol. The van der Waals surface area contributed by atoms with Crippen molar-refractivity contribution in [3.05, 3.63) is 59.7 Å². The Hall–Kier alpha value is -2.47. The first-order valence-corrected chi connectivity index (χ1v) is 9.17. The topological polar surface area (TPSA) is 48.5 Å². The molecule has 1 unspecified atom stereocenters. The predicted octanol–water partition coefficient (Wildman–Crippen LogP) is 2.93. The first-order chi connectivity index (χ1) is 12.7. The molecule has 26 heavy (non-hydrogen) atoms. The SMILES string of the molecule is O=C(Nc1ccc(F)nc1)N1CCN(C2CCc3ccccc3C2)CC1. The highest BCUT2D eigenvalue weighted by Crippen LogP contribution is 2.25. The van der Waals surface area contributed by atoms with Crippen molar-refractivity contribution < 1.29 is 9.18 Å². The maximum atomic E-state index is 12.9.